The fourth-order valence-electron chi connectivity index (χ4n) is 3.93. The zero-order chi connectivity index (χ0) is 21.5. The third-order valence-corrected chi connectivity index (χ3v) is 7.21. The number of nitrogens with one attached hydrogen (secondary N) is 1. The van der Waals surface area contributed by atoms with Gasteiger partial charge in [0.05, 0.1) is 5.56 Å². The van der Waals surface area contributed by atoms with Crippen LogP contribution in [0.25, 0.3) is 11.3 Å². The highest BCUT2D eigenvalue weighted by Crippen LogP contribution is 2.44. The summed E-state index contributed by atoms with van der Waals surface area (Å²) in [6.07, 6.45) is 2.90. The minimum atomic E-state index is -0.349. The smallest absolute Gasteiger partial charge is 0.292 e. The number of nitrogens with zero attached hydrogens (tertiary/aromatic N) is 1. The molecule has 1 aliphatic rings. The molecular formula is C24H23ClN2O2S. The highest BCUT2D eigenvalue weighted by Gasteiger charge is 2.32. The van der Waals surface area contributed by atoms with Crippen LogP contribution in [0.2, 0.25) is 5.02 Å². The van der Waals surface area contributed by atoms with Crippen LogP contribution in [0.3, 0.4) is 0 Å². The Bertz CT molecular complexity index is 1130. The van der Waals surface area contributed by atoms with Crippen molar-refractivity contribution in [1.82, 2.24) is 0 Å². The van der Waals surface area contributed by atoms with Crippen molar-refractivity contribution in [3.8, 4) is 17.4 Å². The molecule has 1 N–H and O–H groups in total. The SMILES string of the molecule is CC(C)(C)[C@H]1CCc2c(sc(NC(=O)c3ccc(-c4ccc(Cl)cc4)o3)c2C#N)C1. The molecule has 1 aromatic carbocycles. The number of fused-ring (bicyclic) bond motifs is 1. The fourth-order valence-corrected chi connectivity index (χ4v) is 5.32. The van der Waals surface area contributed by atoms with Gasteiger partial charge in [0.2, 0.25) is 0 Å². The molecule has 1 atom stereocenters. The van der Waals surface area contributed by atoms with E-state index in [4.69, 9.17) is 16.0 Å². The predicted octanol–water partition coefficient (Wildman–Crippen LogP) is 6.94. The highest BCUT2D eigenvalue weighted by atomic mass is 35.5. The van der Waals surface area contributed by atoms with Gasteiger partial charge in [-0.3, -0.25) is 4.79 Å². The van der Waals surface area contributed by atoms with E-state index in [0.717, 1.165) is 30.4 Å². The summed E-state index contributed by atoms with van der Waals surface area (Å²) in [6.45, 7) is 6.79. The first kappa shape index (κ1) is 20.7. The largest absolute Gasteiger partial charge is 0.451 e. The monoisotopic (exact) mass is 438 g/mol. The van der Waals surface area contributed by atoms with Crippen molar-refractivity contribution >= 4 is 33.8 Å². The molecule has 2 aromatic heterocycles. The predicted molar refractivity (Wildman–Crippen MR) is 121 cm³/mol. The Hall–Kier alpha value is -2.55. The molecule has 0 saturated heterocycles. The number of rotatable bonds is 3. The zero-order valence-corrected chi connectivity index (χ0v) is 18.8. The van der Waals surface area contributed by atoms with E-state index >= 15 is 0 Å². The number of benzene rings is 1. The Morgan fingerprint density at radius 2 is 1.97 bits per heavy atom. The number of furan rings is 1. The quantitative estimate of drug-likeness (QED) is 0.481. The maximum Gasteiger partial charge on any atom is 0.292 e. The average Bonchev–Trinajstić information content (AvgIpc) is 3.31. The van der Waals surface area contributed by atoms with Crippen molar-refractivity contribution < 1.29 is 9.21 Å². The molecule has 0 bridgehead atoms. The first-order valence-electron chi connectivity index (χ1n) is 9.98. The van der Waals surface area contributed by atoms with Crippen LogP contribution < -0.4 is 5.32 Å². The van der Waals surface area contributed by atoms with Crippen LogP contribution in [-0.4, -0.2) is 5.91 Å². The van der Waals surface area contributed by atoms with Crippen LogP contribution in [0.15, 0.2) is 40.8 Å². The molecule has 1 aliphatic carbocycles. The van der Waals surface area contributed by atoms with Crippen LogP contribution in [0.4, 0.5) is 5.00 Å². The molecule has 4 nitrogen and oxygen atoms in total. The zero-order valence-electron chi connectivity index (χ0n) is 17.2. The van der Waals surface area contributed by atoms with E-state index in [2.05, 4.69) is 32.2 Å². The van der Waals surface area contributed by atoms with Crippen molar-refractivity contribution in [2.24, 2.45) is 11.3 Å². The first-order valence-corrected chi connectivity index (χ1v) is 11.2. The Balaban J connectivity index is 1.55. The van der Waals surface area contributed by atoms with Crippen LogP contribution in [0.1, 0.15) is 53.8 Å². The standard InChI is InChI=1S/C24H23ClN2O2S/c1-24(2,3)15-6-9-17-18(13-26)23(30-21(17)12-15)27-22(28)20-11-10-19(29-20)14-4-7-16(25)8-5-14/h4-5,7-8,10-11,15H,6,9,12H2,1-3H3,(H,27,28)/t15-/m0/s1. The Kier molecular flexibility index (Phi) is 5.48. The van der Waals surface area contributed by atoms with Crippen LogP contribution in [0, 0.1) is 22.7 Å². The molecule has 4 rings (SSSR count). The molecule has 30 heavy (non-hydrogen) atoms. The lowest BCUT2D eigenvalue weighted by molar-refractivity contribution is 0.0998. The Labute approximate surface area is 185 Å². The Morgan fingerprint density at radius 1 is 1.23 bits per heavy atom. The van der Waals surface area contributed by atoms with Gasteiger partial charge >= 0.3 is 0 Å². The van der Waals surface area contributed by atoms with Gasteiger partial charge in [-0.25, -0.2) is 0 Å². The molecule has 0 spiro atoms. The topological polar surface area (TPSA) is 66.0 Å². The van der Waals surface area contributed by atoms with E-state index in [1.165, 1.54) is 16.2 Å². The second kappa shape index (κ2) is 7.94. The minimum absolute atomic E-state index is 0.211. The van der Waals surface area contributed by atoms with Gasteiger partial charge in [0.1, 0.15) is 16.8 Å². The van der Waals surface area contributed by atoms with Gasteiger partial charge < -0.3 is 9.73 Å². The van der Waals surface area contributed by atoms with Gasteiger partial charge in [0.15, 0.2) is 5.76 Å². The van der Waals surface area contributed by atoms with E-state index in [0.29, 0.717) is 27.3 Å². The van der Waals surface area contributed by atoms with Crippen LogP contribution in [0.5, 0.6) is 0 Å². The molecule has 154 valence electrons. The van der Waals surface area contributed by atoms with Gasteiger partial charge in [-0.05, 0) is 72.6 Å². The number of hydrogen-bond acceptors (Lipinski definition) is 4. The first-order chi connectivity index (χ1) is 14.3. The van der Waals surface area contributed by atoms with Crippen molar-refractivity contribution in [3.63, 3.8) is 0 Å². The number of halogens is 1. The van der Waals surface area contributed by atoms with Crippen molar-refractivity contribution in [3.05, 3.63) is 63.2 Å². The average molecular weight is 439 g/mol. The number of carbonyl (C=O) groups excluding carboxylic acids is 1. The molecule has 0 unspecified atom stereocenters. The molecule has 6 heteroatoms. The second-order valence-corrected chi connectivity index (χ2v) is 10.3. The Morgan fingerprint density at radius 3 is 2.63 bits per heavy atom. The molecule has 0 fully saturated rings. The van der Waals surface area contributed by atoms with E-state index < -0.39 is 0 Å². The van der Waals surface area contributed by atoms with Crippen LogP contribution >= 0.6 is 22.9 Å². The van der Waals surface area contributed by atoms with Gasteiger partial charge in [-0.2, -0.15) is 5.26 Å². The summed E-state index contributed by atoms with van der Waals surface area (Å²) >= 11 is 7.45. The fraction of sp³-hybridized carbons (Fsp3) is 0.333. The summed E-state index contributed by atoms with van der Waals surface area (Å²) in [5.74, 6) is 1.03. The van der Waals surface area contributed by atoms with Crippen molar-refractivity contribution in [2.75, 3.05) is 5.32 Å². The summed E-state index contributed by atoms with van der Waals surface area (Å²) in [7, 11) is 0. The van der Waals surface area contributed by atoms with E-state index in [1.54, 1.807) is 24.3 Å². The van der Waals surface area contributed by atoms with Gasteiger partial charge in [0, 0.05) is 15.5 Å². The summed E-state index contributed by atoms with van der Waals surface area (Å²) < 4.78 is 5.75. The lowest BCUT2D eigenvalue weighted by Gasteiger charge is -2.33. The van der Waals surface area contributed by atoms with Crippen LogP contribution in [-0.2, 0) is 12.8 Å². The van der Waals surface area contributed by atoms with Gasteiger partial charge in [0.25, 0.3) is 5.91 Å². The van der Waals surface area contributed by atoms with Gasteiger partial charge in [-0.15, -0.1) is 11.3 Å². The molecule has 1 amide bonds. The number of hydrogen-bond donors (Lipinski definition) is 1. The number of thiophene rings is 1. The highest BCUT2D eigenvalue weighted by molar-refractivity contribution is 7.16. The number of amides is 1. The summed E-state index contributed by atoms with van der Waals surface area (Å²) in [6, 6.07) is 13.0. The summed E-state index contributed by atoms with van der Waals surface area (Å²) in [4.78, 5) is 14.0. The summed E-state index contributed by atoms with van der Waals surface area (Å²) in [5, 5.41) is 13.9. The number of carbonyl (C=O) groups is 1. The molecular weight excluding hydrogens is 416 g/mol. The van der Waals surface area contributed by atoms with Crippen molar-refractivity contribution in [1.29, 1.82) is 5.26 Å². The molecule has 0 radical (unpaired) electrons. The van der Waals surface area contributed by atoms with E-state index in [1.807, 2.05) is 12.1 Å². The molecule has 0 saturated carbocycles. The lowest BCUT2D eigenvalue weighted by Crippen LogP contribution is -2.26. The normalized spacial score (nSPS) is 16.0. The number of anilines is 1. The maximum atomic E-state index is 12.8. The molecule has 3 aromatic rings. The van der Waals surface area contributed by atoms with E-state index in [9.17, 15) is 10.1 Å². The molecule has 0 aliphatic heterocycles. The lowest BCUT2D eigenvalue weighted by atomic mass is 9.72. The third kappa shape index (κ3) is 4.03. The third-order valence-electron chi connectivity index (χ3n) is 5.79. The minimum Gasteiger partial charge on any atom is -0.451 e. The number of nitriles is 1. The summed E-state index contributed by atoms with van der Waals surface area (Å²) in [5.41, 5.74) is 2.76. The maximum absolute atomic E-state index is 12.8. The second-order valence-electron chi connectivity index (χ2n) is 8.75. The molecule has 2 heterocycles. The van der Waals surface area contributed by atoms with E-state index in [-0.39, 0.29) is 17.1 Å². The van der Waals surface area contributed by atoms with Gasteiger partial charge in [-0.1, -0.05) is 32.4 Å². The van der Waals surface area contributed by atoms with Crippen molar-refractivity contribution in [2.45, 2.75) is 40.0 Å².